The number of amides is 1. The number of alkyl carbamates (subject to hydrolysis) is 1. The van der Waals surface area contributed by atoms with Crippen molar-refractivity contribution in [2.45, 2.75) is 44.8 Å². The number of allylic oxidation sites excluding steroid dienone is 1. The summed E-state index contributed by atoms with van der Waals surface area (Å²) < 4.78 is 11.0. The van der Waals surface area contributed by atoms with E-state index in [2.05, 4.69) is 11.2 Å². The molecule has 35 heavy (non-hydrogen) atoms. The molecule has 184 valence electrons. The molecule has 0 saturated carbocycles. The van der Waals surface area contributed by atoms with Gasteiger partial charge < -0.3 is 14.8 Å². The van der Waals surface area contributed by atoms with Gasteiger partial charge in [-0.15, -0.1) is 0 Å². The molecule has 0 bridgehead atoms. The lowest BCUT2D eigenvalue weighted by atomic mass is 9.98. The van der Waals surface area contributed by atoms with Crippen LogP contribution in [-0.2, 0) is 30.0 Å². The first-order chi connectivity index (χ1) is 16.5. The normalized spacial score (nSPS) is 13.3. The van der Waals surface area contributed by atoms with Gasteiger partial charge in [-0.2, -0.15) is 0 Å². The standard InChI is InChI=1S/C27H30N2O5S/c1-27(2,3)34-25(31)22(14-23(30)24(15-28)35(4)5)29-26(32)33-16-21-19-12-8-6-10-17(19)18-11-7-9-13-20(18)21/h6-13,21-22,28H,14,16H2,1-5H3/p+1/t22-/m0/s1. The number of nitrogens with one attached hydrogen (secondary N) is 2. The van der Waals surface area contributed by atoms with Gasteiger partial charge in [0.15, 0.2) is 0 Å². The molecule has 1 aliphatic carbocycles. The van der Waals surface area contributed by atoms with Crippen LogP contribution in [0.4, 0.5) is 4.79 Å². The van der Waals surface area contributed by atoms with E-state index in [1.165, 1.54) is 0 Å². The topological polar surface area (TPSA) is 106 Å². The molecule has 1 atom stereocenters. The van der Waals surface area contributed by atoms with Crippen LogP contribution < -0.4 is 5.32 Å². The molecule has 1 amide bonds. The second-order valence-electron chi connectivity index (χ2n) is 9.45. The van der Waals surface area contributed by atoms with Gasteiger partial charge in [-0.3, -0.25) is 10.2 Å². The molecule has 3 rings (SSSR count). The summed E-state index contributed by atoms with van der Waals surface area (Å²) in [4.78, 5) is 38.4. The van der Waals surface area contributed by atoms with Crippen molar-refractivity contribution in [3.63, 3.8) is 0 Å². The molecule has 0 fully saturated rings. The Morgan fingerprint density at radius 1 is 1.03 bits per heavy atom. The summed E-state index contributed by atoms with van der Waals surface area (Å²) in [7, 11) is -0.520. The molecule has 2 aromatic rings. The summed E-state index contributed by atoms with van der Waals surface area (Å²) >= 11 is 0. The van der Waals surface area contributed by atoms with Gasteiger partial charge in [-0.05, 0) is 43.0 Å². The lowest BCUT2D eigenvalue weighted by Crippen LogP contribution is -2.46. The van der Waals surface area contributed by atoms with Crippen LogP contribution in [0.25, 0.3) is 11.1 Å². The van der Waals surface area contributed by atoms with Gasteiger partial charge in [-0.1, -0.05) is 48.5 Å². The molecule has 1 aliphatic rings. The number of hydrogen-bond donors (Lipinski definition) is 2. The lowest BCUT2D eigenvalue weighted by molar-refractivity contribution is -0.158. The number of ketones is 1. The average Bonchev–Trinajstić information content (AvgIpc) is 3.10. The fraction of sp³-hybridized carbons (Fsp3) is 0.370. The van der Waals surface area contributed by atoms with Crippen LogP contribution in [0.1, 0.15) is 44.2 Å². The zero-order valence-electron chi connectivity index (χ0n) is 20.6. The van der Waals surface area contributed by atoms with Gasteiger partial charge in [0.1, 0.15) is 30.8 Å². The van der Waals surface area contributed by atoms with Crippen LogP contribution in [-0.4, -0.2) is 54.5 Å². The van der Waals surface area contributed by atoms with Gasteiger partial charge >= 0.3 is 12.1 Å². The van der Waals surface area contributed by atoms with E-state index in [0.717, 1.165) is 22.3 Å². The average molecular weight is 496 g/mol. The second-order valence-corrected chi connectivity index (χ2v) is 11.5. The molecular weight excluding hydrogens is 464 g/mol. The van der Waals surface area contributed by atoms with E-state index in [0.29, 0.717) is 0 Å². The highest BCUT2D eigenvalue weighted by Gasteiger charge is 2.34. The molecule has 0 saturated heterocycles. The van der Waals surface area contributed by atoms with Gasteiger partial charge in [-0.25, -0.2) is 9.59 Å². The highest BCUT2D eigenvalue weighted by Crippen LogP contribution is 2.44. The van der Waals surface area contributed by atoms with Crippen LogP contribution in [0.2, 0.25) is 0 Å². The maximum atomic E-state index is 12.8. The Kier molecular flexibility index (Phi) is 8.20. The third kappa shape index (κ3) is 6.41. The van der Waals surface area contributed by atoms with Crippen molar-refractivity contribution in [2.24, 2.45) is 0 Å². The van der Waals surface area contributed by atoms with Crippen LogP contribution in [0.5, 0.6) is 0 Å². The van der Waals surface area contributed by atoms with E-state index < -0.39 is 40.4 Å². The summed E-state index contributed by atoms with van der Waals surface area (Å²) in [6, 6.07) is 14.7. The summed E-state index contributed by atoms with van der Waals surface area (Å²) in [6.07, 6.45) is 2.42. The molecule has 0 aromatic heterocycles. The van der Waals surface area contributed by atoms with E-state index >= 15 is 0 Å². The number of carbonyl (C=O) groups excluding carboxylic acids is 3. The second kappa shape index (κ2) is 10.9. The molecule has 0 heterocycles. The molecule has 8 heteroatoms. The molecule has 2 N–H and O–H groups in total. The van der Waals surface area contributed by atoms with Crippen LogP contribution >= 0.6 is 0 Å². The SMILES string of the molecule is C[S+](C)C(=C=N)C(=O)C[C@H](NC(=O)OCC1c2ccccc2-c2ccccc21)C(=O)OC(C)(C)C. The molecule has 0 aliphatic heterocycles. The molecule has 7 nitrogen and oxygen atoms in total. The third-order valence-electron chi connectivity index (χ3n) is 5.49. The summed E-state index contributed by atoms with van der Waals surface area (Å²) in [5.41, 5.74) is 3.55. The Labute approximate surface area is 208 Å². The monoisotopic (exact) mass is 495 g/mol. The number of rotatable bonds is 8. The highest BCUT2D eigenvalue weighted by molar-refractivity contribution is 8.00. The predicted octanol–water partition coefficient (Wildman–Crippen LogP) is 4.20. The Hall–Kier alpha value is -3.35. The van der Waals surface area contributed by atoms with Crippen molar-refractivity contribution < 1.29 is 23.9 Å². The minimum absolute atomic E-state index is 0.0773. The number of hydrogen-bond acceptors (Lipinski definition) is 6. The predicted molar refractivity (Wildman–Crippen MR) is 138 cm³/mol. The quantitative estimate of drug-likeness (QED) is 0.247. The summed E-state index contributed by atoms with van der Waals surface area (Å²) in [5, 5.41) is 9.91. The zero-order valence-corrected chi connectivity index (χ0v) is 21.5. The van der Waals surface area contributed by atoms with Crippen molar-refractivity contribution in [2.75, 3.05) is 19.1 Å². The Balaban J connectivity index is 1.73. The minimum atomic E-state index is -1.25. The lowest BCUT2D eigenvalue weighted by Gasteiger charge is -2.24. The smallest absolute Gasteiger partial charge is 0.407 e. The van der Waals surface area contributed by atoms with Gasteiger partial charge in [0.25, 0.3) is 4.91 Å². The van der Waals surface area contributed by atoms with Crippen LogP contribution in [0, 0.1) is 5.41 Å². The van der Waals surface area contributed by atoms with E-state index in [9.17, 15) is 14.4 Å². The fourth-order valence-electron chi connectivity index (χ4n) is 4.03. The van der Waals surface area contributed by atoms with Crippen molar-refractivity contribution in [1.82, 2.24) is 5.32 Å². The first kappa shape index (κ1) is 26.3. The molecule has 0 spiro atoms. The maximum Gasteiger partial charge on any atom is 0.407 e. The van der Waals surface area contributed by atoms with Crippen molar-refractivity contribution in [1.29, 1.82) is 5.41 Å². The van der Waals surface area contributed by atoms with Crippen molar-refractivity contribution >= 4 is 34.6 Å². The number of carbonyl (C=O) groups is 3. The highest BCUT2D eigenvalue weighted by atomic mass is 32.2. The first-order valence-electron chi connectivity index (χ1n) is 11.3. The number of benzene rings is 2. The third-order valence-corrected chi connectivity index (χ3v) is 6.64. The molecular formula is C27H31N2O5S+. The molecule has 2 aromatic carbocycles. The zero-order chi connectivity index (χ0) is 25.8. The van der Waals surface area contributed by atoms with Crippen LogP contribution in [0.15, 0.2) is 53.4 Å². The Morgan fingerprint density at radius 3 is 2.06 bits per heavy atom. The fourth-order valence-corrected chi connectivity index (χ4v) is 4.77. The van der Waals surface area contributed by atoms with Gasteiger partial charge in [0.05, 0.1) is 0 Å². The first-order valence-corrected chi connectivity index (χ1v) is 13.3. The largest absolute Gasteiger partial charge is 0.458 e. The van der Waals surface area contributed by atoms with Crippen molar-refractivity contribution in [3.05, 3.63) is 64.6 Å². The van der Waals surface area contributed by atoms with E-state index in [-0.39, 0.29) is 23.9 Å². The van der Waals surface area contributed by atoms with E-state index in [4.69, 9.17) is 14.9 Å². The summed E-state index contributed by atoms with van der Waals surface area (Å²) in [5.74, 6) is 0.845. The number of Topliss-reactive ketones (excluding diaryl/α,β-unsaturated/α-hetero) is 1. The Bertz CT molecular complexity index is 1130. The summed E-state index contributed by atoms with van der Waals surface area (Å²) in [6.45, 7) is 5.19. The van der Waals surface area contributed by atoms with Crippen molar-refractivity contribution in [3.8, 4) is 11.1 Å². The number of ether oxygens (including phenoxy) is 2. The van der Waals surface area contributed by atoms with Gasteiger partial charge in [0.2, 0.25) is 5.78 Å². The maximum absolute atomic E-state index is 12.8. The Morgan fingerprint density at radius 2 is 1.57 bits per heavy atom. The molecule has 0 radical (unpaired) electrons. The van der Waals surface area contributed by atoms with Crippen LogP contribution in [0.3, 0.4) is 0 Å². The molecule has 0 unspecified atom stereocenters. The van der Waals surface area contributed by atoms with Gasteiger partial charge in [0, 0.05) is 29.1 Å². The van der Waals surface area contributed by atoms with E-state index in [1.54, 1.807) is 33.3 Å². The number of esters is 1. The minimum Gasteiger partial charge on any atom is -0.458 e. The number of fused-ring (bicyclic) bond motifs is 3. The van der Waals surface area contributed by atoms with E-state index in [1.807, 2.05) is 48.5 Å².